The van der Waals surface area contributed by atoms with Crippen LogP contribution >= 0.6 is 27.5 Å². The zero-order chi connectivity index (χ0) is 24.0. The standard InChI is InChI=1S/C22H15BrClF3N2O4/c23-13-6-4-11(5-7-13)19(30)17-18(28-20(31)29-21(17,32)22(25,26)27)16-9-8-15(33-16)12-2-1-3-14(24)10-12/h1-10,17-18,32H,(H2,28,29,31)/t17-,18-,21-/m0/s1. The van der Waals surface area contributed by atoms with Gasteiger partial charge in [-0.3, -0.25) is 4.79 Å². The van der Waals surface area contributed by atoms with Crippen LogP contribution in [0.5, 0.6) is 0 Å². The second-order valence-electron chi connectivity index (χ2n) is 7.40. The van der Waals surface area contributed by atoms with E-state index in [1.807, 2.05) is 0 Å². The number of furan rings is 1. The fraction of sp³-hybridized carbons (Fsp3) is 0.182. The van der Waals surface area contributed by atoms with Crippen molar-refractivity contribution in [3.63, 3.8) is 0 Å². The van der Waals surface area contributed by atoms with E-state index < -0.39 is 35.7 Å². The van der Waals surface area contributed by atoms with Crippen molar-refractivity contribution in [2.24, 2.45) is 5.92 Å². The van der Waals surface area contributed by atoms with Gasteiger partial charge in [-0.15, -0.1) is 0 Å². The van der Waals surface area contributed by atoms with Crippen LogP contribution in [0.1, 0.15) is 22.2 Å². The number of hydrogen-bond donors (Lipinski definition) is 3. The molecule has 1 fully saturated rings. The molecule has 2 aromatic carbocycles. The Morgan fingerprint density at radius 1 is 1.12 bits per heavy atom. The maximum Gasteiger partial charge on any atom is 0.437 e. The quantitative estimate of drug-likeness (QED) is 0.381. The number of ketones is 1. The molecule has 1 saturated heterocycles. The third-order valence-corrected chi connectivity index (χ3v) is 6.02. The van der Waals surface area contributed by atoms with Gasteiger partial charge in [-0.2, -0.15) is 13.2 Å². The van der Waals surface area contributed by atoms with Crippen LogP contribution in [0.15, 0.2) is 69.6 Å². The summed E-state index contributed by atoms with van der Waals surface area (Å²) in [5.74, 6) is -3.11. The third kappa shape index (κ3) is 4.38. The summed E-state index contributed by atoms with van der Waals surface area (Å²) in [5.41, 5.74) is -3.39. The van der Waals surface area contributed by atoms with Crippen molar-refractivity contribution >= 4 is 39.3 Å². The van der Waals surface area contributed by atoms with Crippen LogP contribution in [0.25, 0.3) is 11.3 Å². The van der Waals surface area contributed by atoms with Crippen LogP contribution in [0, 0.1) is 5.92 Å². The zero-order valence-corrected chi connectivity index (χ0v) is 18.8. The summed E-state index contributed by atoms with van der Waals surface area (Å²) in [6.07, 6.45) is -5.36. The maximum atomic E-state index is 14.0. The van der Waals surface area contributed by atoms with Gasteiger partial charge in [0.25, 0.3) is 0 Å². The molecule has 1 aliphatic heterocycles. The zero-order valence-electron chi connectivity index (χ0n) is 16.5. The molecular weight excluding hydrogens is 529 g/mol. The van der Waals surface area contributed by atoms with Gasteiger partial charge in [-0.05, 0) is 36.4 Å². The summed E-state index contributed by atoms with van der Waals surface area (Å²) in [6.45, 7) is 0. The number of hydrogen-bond acceptors (Lipinski definition) is 4. The van der Waals surface area contributed by atoms with E-state index in [0.717, 1.165) is 0 Å². The lowest BCUT2D eigenvalue weighted by molar-refractivity contribution is -0.288. The molecule has 0 radical (unpaired) electrons. The van der Waals surface area contributed by atoms with Gasteiger partial charge in [0.1, 0.15) is 23.5 Å². The van der Waals surface area contributed by atoms with Crippen LogP contribution < -0.4 is 10.6 Å². The molecule has 1 aliphatic rings. The highest BCUT2D eigenvalue weighted by molar-refractivity contribution is 9.10. The number of rotatable bonds is 4. The summed E-state index contributed by atoms with van der Waals surface area (Å²) >= 11 is 9.18. The Morgan fingerprint density at radius 3 is 2.45 bits per heavy atom. The van der Waals surface area contributed by atoms with Gasteiger partial charge in [0, 0.05) is 20.6 Å². The van der Waals surface area contributed by atoms with E-state index in [1.54, 1.807) is 24.3 Å². The molecule has 6 nitrogen and oxygen atoms in total. The van der Waals surface area contributed by atoms with E-state index in [0.29, 0.717) is 15.1 Å². The van der Waals surface area contributed by atoms with Gasteiger partial charge in [-0.25, -0.2) is 4.79 Å². The average molecular weight is 544 g/mol. The van der Waals surface area contributed by atoms with Gasteiger partial charge in [-0.1, -0.05) is 51.8 Å². The van der Waals surface area contributed by atoms with Gasteiger partial charge in [0.05, 0.1) is 0 Å². The molecule has 3 N–H and O–H groups in total. The molecule has 4 rings (SSSR count). The Hall–Kier alpha value is -2.82. The normalized spacial score (nSPS) is 23.0. The Morgan fingerprint density at radius 2 is 1.82 bits per heavy atom. The summed E-state index contributed by atoms with van der Waals surface area (Å²) in [4.78, 5) is 25.4. The largest absolute Gasteiger partial charge is 0.459 e. The number of nitrogens with one attached hydrogen (secondary N) is 2. The summed E-state index contributed by atoms with van der Waals surface area (Å²) in [6, 6.07) is 12.0. The second-order valence-corrected chi connectivity index (χ2v) is 8.75. The molecular formula is C22H15BrClF3N2O4. The van der Waals surface area contributed by atoms with E-state index in [4.69, 9.17) is 16.0 Å². The highest BCUT2D eigenvalue weighted by atomic mass is 79.9. The average Bonchev–Trinajstić information content (AvgIpc) is 3.23. The molecule has 3 atom stereocenters. The van der Waals surface area contributed by atoms with Crippen molar-refractivity contribution in [2.45, 2.75) is 17.9 Å². The molecule has 33 heavy (non-hydrogen) atoms. The van der Waals surface area contributed by atoms with Gasteiger partial charge < -0.3 is 20.2 Å². The van der Waals surface area contributed by atoms with Crippen molar-refractivity contribution in [3.05, 3.63) is 81.5 Å². The smallest absolute Gasteiger partial charge is 0.437 e. The predicted octanol–water partition coefficient (Wildman–Crippen LogP) is 5.47. The molecule has 11 heteroatoms. The number of benzene rings is 2. The fourth-order valence-corrected chi connectivity index (χ4v) is 4.14. The summed E-state index contributed by atoms with van der Waals surface area (Å²) < 4.78 is 48.3. The van der Waals surface area contributed by atoms with E-state index >= 15 is 0 Å². The number of alkyl halides is 3. The molecule has 0 bridgehead atoms. The number of amides is 2. The first kappa shape index (κ1) is 23.3. The maximum absolute atomic E-state index is 14.0. The van der Waals surface area contributed by atoms with Crippen LogP contribution in [0.4, 0.5) is 18.0 Å². The van der Waals surface area contributed by atoms with Crippen molar-refractivity contribution in [3.8, 4) is 11.3 Å². The molecule has 0 aliphatic carbocycles. The Kier molecular flexibility index (Phi) is 6.02. The predicted molar refractivity (Wildman–Crippen MR) is 117 cm³/mol. The van der Waals surface area contributed by atoms with Crippen LogP contribution in [-0.2, 0) is 0 Å². The van der Waals surface area contributed by atoms with Crippen LogP contribution in [0.2, 0.25) is 5.02 Å². The van der Waals surface area contributed by atoms with Gasteiger partial charge >= 0.3 is 12.2 Å². The minimum atomic E-state index is -5.36. The Labute approximate surface area is 198 Å². The van der Waals surface area contributed by atoms with Crippen LogP contribution in [0.3, 0.4) is 0 Å². The first-order valence-corrected chi connectivity index (χ1v) is 10.7. The van der Waals surface area contributed by atoms with Gasteiger partial charge in [0.15, 0.2) is 5.78 Å². The number of carbonyl (C=O) groups excluding carboxylic acids is 2. The lowest BCUT2D eigenvalue weighted by Gasteiger charge is -2.44. The van der Waals surface area contributed by atoms with E-state index in [9.17, 15) is 27.9 Å². The van der Waals surface area contributed by atoms with Crippen molar-refractivity contribution in [1.29, 1.82) is 0 Å². The SMILES string of the molecule is O=C1N[C@@H](c2ccc(-c3cccc(Cl)c3)o2)[C@@H](C(=O)c2ccc(Br)cc2)[C@](O)(C(F)(F)F)N1. The topological polar surface area (TPSA) is 91.6 Å². The highest BCUT2D eigenvalue weighted by Crippen LogP contribution is 2.44. The van der Waals surface area contributed by atoms with Crippen molar-refractivity contribution in [2.75, 3.05) is 0 Å². The number of urea groups is 1. The minimum absolute atomic E-state index is 0.0876. The number of carbonyl (C=O) groups is 2. The molecule has 2 heterocycles. The molecule has 3 aromatic rings. The van der Waals surface area contributed by atoms with Crippen LogP contribution in [-0.4, -0.2) is 28.8 Å². The second kappa shape index (κ2) is 8.51. The number of Topliss-reactive ketones (excluding diaryl/α,β-unsaturated/α-hetero) is 1. The summed E-state index contributed by atoms with van der Waals surface area (Å²) in [7, 11) is 0. The van der Waals surface area contributed by atoms with Gasteiger partial charge in [0.2, 0.25) is 5.72 Å². The summed E-state index contributed by atoms with van der Waals surface area (Å²) in [5, 5.41) is 14.8. The molecule has 0 unspecified atom stereocenters. The molecule has 1 aromatic heterocycles. The first-order valence-electron chi connectivity index (χ1n) is 9.53. The first-order chi connectivity index (χ1) is 15.5. The minimum Gasteiger partial charge on any atom is -0.459 e. The molecule has 2 amide bonds. The Balaban J connectivity index is 1.81. The van der Waals surface area contributed by atoms with Crippen molar-refractivity contribution < 1.29 is 32.3 Å². The molecule has 0 saturated carbocycles. The number of aliphatic hydroxyl groups is 1. The monoisotopic (exact) mass is 542 g/mol. The van der Waals surface area contributed by atoms with E-state index in [-0.39, 0.29) is 17.1 Å². The molecule has 0 spiro atoms. The van der Waals surface area contributed by atoms with Crippen molar-refractivity contribution in [1.82, 2.24) is 10.6 Å². The molecule has 172 valence electrons. The third-order valence-electron chi connectivity index (χ3n) is 5.26. The lowest BCUT2D eigenvalue weighted by Crippen LogP contribution is -2.72. The number of halogens is 5. The Bertz CT molecular complexity index is 1210. The van der Waals surface area contributed by atoms with E-state index in [1.165, 1.54) is 41.7 Å². The fourth-order valence-electron chi connectivity index (χ4n) is 3.69. The highest BCUT2D eigenvalue weighted by Gasteiger charge is 2.66. The van der Waals surface area contributed by atoms with E-state index in [2.05, 4.69) is 21.2 Å². The lowest BCUT2D eigenvalue weighted by atomic mass is 9.79.